The Morgan fingerprint density at radius 2 is 1.87 bits per heavy atom. The first-order valence-electron chi connectivity index (χ1n) is 8.42. The third-order valence-corrected chi connectivity index (χ3v) is 5.01. The number of benzene rings is 1. The molecule has 1 aromatic carbocycles. The summed E-state index contributed by atoms with van der Waals surface area (Å²) in [4.78, 5) is 14.2. The van der Waals surface area contributed by atoms with Gasteiger partial charge in [0.05, 0.1) is 17.2 Å². The Hall–Kier alpha value is -1.72. The molecular weight excluding hydrogens is 286 g/mol. The summed E-state index contributed by atoms with van der Waals surface area (Å²) in [6.07, 6.45) is 1.91. The minimum atomic E-state index is 0.464. The fraction of sp³-hybridized carbons (Fsp3) is 0.556. The summed E-state index contributed by atoms with van der Waals surface area (Å²) in [6.45, 7) is 12.3. The molecule has 0 radical (unpaired) electrons. The Morgan fingerprint density at radius 3 is 2.52 bits per heavy atom. The second kappa shape index (κ2) is 6.42. The number of hydrogen-bond acceptors (Lipinski definition) is 5. The number of rotatable bonds is 3. The monoisotopic (exact) mass is 313 g/mol. The molecule has 5 heteroatoms. The maximum atomic E-state index is 5.90. The van der Waals surface area contributed by atoms with E-state index in [1.54, 1.807) is 0 Å². The third-order valence-electron chi connectivity index (χ3n) is 5.01. The van der Waals surface area contributed by atoms with Crippen molar-refractivity contribution in [3.05, 3.63) is 29.5 Å². The topological polar surface area (TPSA) is 58.3 Å². The van der Waals surface area contributed by atoms with Crippen LogP contribution in [0.15, 0.2) is 18.3 Å². The number of fused-ring (bicyclic) bond motifs is 1. The molecule has 1 aliphatic rings. The van der Waals surface area contributed by atoms with Gasteiger partial charge in [0.25, 0.3) is 0 Å². The van der Waals surface area contributed by atoms with Crippen molar-refractivity contribution in [3.8, 4) is 0 Å². The predicted molar refractivity (Wildman–Crippen MR) is 95.6 cm³/mol. The molecule has 23 heavy (non-hydrogen) atoms. The summed E-state index contributed by atoms with van der Waals surface area (Å²) >= 11 is 0. The summed E-state index contributed by atoms with van der Waals surface area (Å²) in [5.74, 6) is 1.54. The highest BCUT2D eigenvalue weighted by atomic mass is 15.3. The van der Waals surface area contributed by atoms with Crippen LogP contribution in [0.1, 0.15) is 25.0 Å². The fourth-order valence-corrected chi connectivity index (χ4v) is 3.33. The summed E-state index contributed by atoms with van der Waals surface area (Å²) in [7, 11) is 0. The van der Waals surface area contributed by atoms with Crippen LogP contribution in [0.3, 0.4) is 0 Å². The van der Waals surface area contributed by atoms with Gasteiger partial charge in [0, 0.05) is 32.3 Å². The molecule has 1 fully saturated rings. The van der Waals surface area contributed by atoms with Crippen molar-refractivity contribution in [3.63, 3.8) is 0 Å². The van der Waals surface area contributed by atoms with Crippen molar-refractivity contribution in [2.75, 3.05) is 31.2 Å². The number of nitrogens with zero attached hydrogens (tertiary/aromatic N) is 4. The average Bonchev–Trinajstić information content (AvgIpc) is 2.55. The van der Waals surface area contributed by atoms with E-state index in [0.29, 0.717) is 18.6 Å². The molecular formula is C18H27N5. The van der Waals surface area contributed by atoms with E-state index in [9.17, 15) is 0 Å². The summed E-state index contributed by atoms with van der Waals surface area (Å²) in [5, 5.41) is 0. The van der Waals surface area contributed by atoms with E-state index < -0.39 is 0 Å². The van der Waals surface area contributed by atoms with Crippen LogP contribution in [0, 0.1) is 19.8 Å². The Bertz CT molecular complexity index is 697. The van der Waals surface area contributed by atoms with Gasteiger partial charge >= 0.3 is 0 Å². The van der Waals surface area contributed by atoms with E-state index >= 15 is 0 Å². The minimum Gasteiger partial charge on any atom is -0.352 e. The summed E-state index contributed by atoms with van der Waals surface area (Å²) in [5.41, 5.74) is 10.4. The number of piperazine rings is 1. The van der Waals surface area contributed by atoms with Gasteiger partial charge in [-0.3, -0.25) is 9.88 Å². The quantitative estimate of drug-likeness (QED) is 0.942. The summed E-state index contributed by atoms with van der Waals surface area (Å²) < 4.78 is 0. The van der Waals surface area contributed by atoms with Gasteiger partial charge in [-0.05, 0) is 43.0 Å². The van der Waals surface area contributed by atoms with Gasteiger partial charge in [-0.25, -0.2) is 4.98 Å². The van der Waals surface area contributed by atoms with E-state index in [0.717, 1.165) is 36.5 Å². The molecule has 5 nitrogen and oxygen atoms in total. The lowest BCUT2D eigenvalue weighted by atomic mass is 10.00. The second-order valence-electron chi connectivity index (χ2n) is 6.91. The highest BCUT2D eigenvalue weighted by Gasteiger charge is 2.29. The molecule has 1 unspecified atom stereocenters. The Labute approximate surface area is 138 Å². The van der Waals surface area contributed by atoms with Crippen LogP contribution >= 0.6 is 0 Å². The van der Waals surface area contributed by atoms with Gasteiger partial charge in [-0.2, -0.15) is 0 Å². The zero-order valence-corrected chi connectivity index (χ0v) is 14.6. The zero-order valence-electron chi connectivity index (χ0n) is 14.6. The Kier molecular flexibility index (Phi) is 4.50. The van der Waals surface area contributed by atoms with E-state index in [-0.39, 0.29) is 0 Å². The Morgan fingerprint density at radius 1 is 1.17 bits per heavy atom. The number of hydrogen-bond donors (Lipinski definition) is 1. The van der Waals surface area contributed by atoms with Crippen LogP contribution in [0.5, 0.6) is 0 Å². The maximum absolute atomic E-state index is 5.90. The van der Waals surface area contributed by atoms with Crippen molar-refractivity contribution in [2.24, 2.45) is 11.7 Å². The van der Waals surface area contributed by atoms with E-state index in [1.807, 2.05) is 6.20 Å². The molecule has 0 saturated carbocycles. The zero-order chi connectivity index (χ0) is 16.6. The van der Waals surface area contributed by atoms with Crippen LogP contribution < -0.4 is 10.6 Å². The van der Waals surface area contributed by atoms with Crippen LogP contribution in [-0.2, 0) is 0 Å². The van der Waals surface area contributed by atoms with Gasteiger partial charge in [0.2, 0.25) is 0 Å². The first-order valence-corrected chi connectivity index (χ1v) is 8.42. The average molecular weight is 313 g/mol. The summed E-state index contributed by atoms with van der Waals surface area (Å²) in [6, 6.07) is 4.72. The molecule has 3 rings (SSSR count). The lowest BCUT2D eigenvalue weighted by Crippen LogP contribution is -2.56. The number of aryl methyl sites for hydroxylation is 2. The van der Waals surface area contributed by atoms with Crippen LogP contribution in [0.25, 0.3) is 11.0 Å². The lowest BCUT2D eigenvalue weighted by Gasteiger charge is -2.43. The van der Waals surface area contributed by atoms with Crippen LogP contribution in [-0.4, -0.2) is 47.2 Å². The predicted octanol–water partition coefficient (Wildman–Crippen LogP) is 2.31. The first-order chi connectivity index (χ1) is 11.0. The molecule has 2 N–H and O–H groups in total. The van der Waals surface area contributed by atoms with Crippen molar-refractivity contribution >= 4 is 16.9 Å². The molecule has 1 saturated heterocycles. The molecule has 0 amide bonds. The molecule has 0 aliphatic carbocycles. The lowest BCUT2D eigenvalue weighted by molar-refractivity contribution is 0.142. The van der Waals surface area contributed by atoms with Gasteiger partial charge in [0.15, 0.2) is 0 Å². The molecule has 1 atom stereocenters. The van der Waals surface area contributed by atoms with Gasteiger partial charge in [0.1, 0.15) is 5.82 Å². The van der Waals surface area contributed by atoms with Crippen LogP contribution in [0.2, 0.25) is 0 Å². The number of nitrogens with two attached hydrogens (primary N) is 1. The van der Waals surface area contributed by atoms with Crippen molar-refractivity contribution in [1.82, 2.24) is 14.9 Å². The SMILES string of the molecule is Cc1cc2ncc(N3CCN(CN)C(C(C)C)C3)nc2cc1C. The van der Waals surface area contributed by atoms with Crippen molar-refractivity contribution in [2.45, 2.75) is 33.7 Å². The fourth-order valence-electron chi connectivity index (χ4n) is 3.33. The molecule has 2 aromatic rings. The molecule has 2 heterocycles. The second-order valence-corrected chi connectivity index (χ2v) is 6.91. The Balaban J connectivity index is 1.89. The van der Waals surface area contributed by atoms with Crippen molar-refractivity contribution in [1.29, 1.82) is 0 Å². The van der Waals surface area contributed by atoms with Crippen LogP contribution in [0.4, 0.5) is 5.82 Å². The standard InChI is InChI=1S/C18H27N5/c1-12(2)17-10-22(5-6-23(17)11-19)18-9-20-15-7-13(3)14(4)8-16(15)21-18/h7-9,12,17H,5-6,10-11,19H2,1-4H3. The van der Waals surface area contributed by atoms with Crippen molar-refractivity contribution < 1.29 is 0 Å². The molecule has 124 valence electrons. The molecule has 0 spiro atoms. The molecule has 1 aliphatic heterocycles. The normalized spacial score (nSPS) is 19.7. The third kappa shape index (κ3) is 3.16. The highest BCUT2D eigenvalue weighted by Crippen LogP contribution is 2.23. The van der Waals surface area contributed by atoms with E-state index in [4.69, 9.17) is 10.7 Å². The van der Waals surface area contributed by atoms with E-state index in [2.05, 4.69) is 54.6 Å². The van der Waals surface area contributed by atoms with E-state index in [1.165, 1.54) is 11.1 Å². The molecule has 0 bridgehead atoms. The smallest absolute Gasteiger partial charge is 0.147 e. The minimum absolute atomic E-state index is 0.464. The largest absolute Gasteiger partial charge is 0.352 e. The number of aromatic nitrogens is 2. The molecule has 1 aromatic heterocycles. The maximum Gasteiger partial charge on any atom is 0.147 e. The first kappa shape index (κ1) is 16.1. The van der Waals surface area contributed by atoms with Gasteiger partial charge < -0.3 is 10.6 Å². The van der Waals surface area contributed by atoms with Gasteiger partial charge in [-0.15, -0.1) is 0 Å². The highest BCUT2D eigenvalue weighted by molar-refractivity contribution is 5.77. The number of anilines is 1. The van der Waals surface area contributed by atoms with Gasteiger partial charge in [-0.1, -0.05) is 13.8 Å².